The average Bonchev–Trinajstić information content (AvgIpc) is 1.04. The molecule has 0 aliphatic carbocycles. The van der Waals surface area contributed by atoms with Gasteiger partial charge in [-0.15, -0.1) is 0 Å². The highest BCUT2D eigenvalue weighted by molar-refractivity contribution is 5.76. The largest absolute Gasteiger partial charge is 0.394 e. The summed E-state index contributed by atoms with van der Waals surface area (Å²) in [7, 11) is 0. The fourth-order valence-corrected chi connectivity index (χ4v) is 13.5. The van der Waals surface area contributed by atoms with E-state index in [0.29, 0.717) is 12.8 Å². The first-order valence-electron chi connectivity index (χ1n) is 39.4. The number of hydrogen-bond donors (Lipinski definition) is 9. The van der Waals surface area contributed by atoms with Crippen LogP contribution in [0.15, 0.2) is 12.2 Å². The molecule has 0 aromatic rings. The molecule has 14 heteroatoms. The van der Waals surface area contributed by atoms with Gasteiger partial charge in [0, 0.05) is 6.42 Å². The first-order chi connectivity index (χ1) is 44.6. The first-order valence-corrected chi connectivity index (χ1v) is 39.4. The van der Waals surface area contributed by atoms with E-state index in [9.17, 15) is 45.6 Å². The van der Waals surface area contributed by atoms with E-state index >= 15 is 0 Å². The fraction of sp³-hybridized carbons (Fsp3) is 0.961. The number of ether oxygens (including phenoxy) is 4. The Kier molecular flexibility index (Phi) is 58.7. The van der Waals surface area contributed by atoms with E-state index in [-0.39, 0.29) is 12.5 Å². The molecule has 91 heavy (non-hydrogen) atoms. The van der Waals surface area contributed by atoms with Crippen LogP contribution in [0.3, 0.4) is 0 Å². The van der Waals surface area contributed by atoms with E-state index in [1.165, 1.54) is 302 Å². The topological polar surface area (TPSA) is 228 Å². The van der Waals surface area contributed by atoms with Crippen LogP contribution in [0, 0.1) is 0 Å². The normalized spacial score (nSPS) is 22.7. The van der Waals surface area contributed by atoms with E-state index in [4.69, 9.17) is 18.9 Å². The lowest BCUT2D eigenvalue weighted by Gasteiger charge is -2.46. The fourth-order valence-electron chi connectivity index (χ4n) is 13.5. The number of hydrogen-bond acceptors (Lipinski definition) is 13. The molecule has 0 saturated carbocycles. The zero-order valence-electron chi connectivity index (χ0n) is 59.1. The minimum absolute atomic E-state index is 0.197. The molecule has 2 rings (SSSR count). The molecule has 0 aromatic carbocycles. The van der Waals surface area contributed by atoms with E-state index in [1.807, 2.05) is 0 Å². The van der Waals surface area contributed by atoms with Crippen molar-refractivity contribution in [1.29, 1.82) is 0 Å². The Hall–Kier alpha value is -1.27. The maximum Gasteiger partial charge on any atom is 0.220 e. The standard InChI is InChI=1S/C77H149NO13/c1-3-5-7-9-11-13-15-17-19-21-23-25-26-27-28-29-30-31-32-33-34-35-36-37-38-39-40-41-43-45-47-49-51-53-55-57-59-61-69(82)78-65(66(81)60-58-56-54-52-50-48-46-44-42-24-22-20-18-16-14-12-10-8-6-4-2)64-88-76-74(87)72(85)75(68(63-80)90-76)91-77-73(86)71(84)70(83)67(62-79)89-77/h21,23,65-68,70-77,79-81,83-87H,3-20,22,24-64H2,1-2H3,(H,78,82)/b23-21-. The summed E-state index contributed by atoms with van der Waals surface area (Å²) in [4.78, 5) is 13.4. The number of aliphatic hydroxyl groups is 8. The number of amides is 1. The van der Waals surface area contributed by atoms with E-state index < -0.39 is 86.8 Å². The van der Waals surface area contributed by atoms with E-state index in [1.54, 1.807) is 0 Å². The van der Waals surface area contributed by atoms with Crippen LogP contribution in [0.25, 0.3) is 0 Å². The van der Waals surface area contributed by atoms with Crippen LogP contribution in [-0.4, -0.2) is 140 Å². The molecule has 2 saturated heterocycles. The van der Waals surface area contributed by atoms with Crippen molar-refractivity contribution >= 4 is 5.91 Å². The lowest BCUT2D eigenvalue weighted by Crippen LogP contribution is -2.65. The Bertz CT molecular complexity index is 1570. The van der Waals surface area contributed by atoms with Crippen molar-refractivity contribution < 1.29 is 64.6 Å². The maximum atomic E-state index is 13.4. The zero-order chi connectivity index (χ0) is 65.9. The predicted molar refractivity (Wildman–Crippen MR) is 374 cm³/mol. The molecule has 540 valence electrons. The number of carbonyl (C=O) groups excluding carboxylic acids is 1. The average molecular weight is 1300 g/mol. The summed E-state index contributed by atoms with van der Waals surface area (Å²) in [6.07, 6.45) is 61.2. The van der Waals surface area contributed by atoms with Gasteiger partial charge < -0.3 is 65.1 Å². The lowest BCUT2D eigenvalue weighted by molar-refractivity contribution is -0.359. The van der Waals surface area contributed by atoms with Gasteiger partial charge >= 0.3 is 0 Å². The van der Waals surface area contributed by atoms with Crippen molar-refractivity contribution in [3.8, 4) is 0 Å². The molecule has 0 aromatic heterocycles. The molecule has 14 nitrogen and oxygen atoms in total. The summed E-state index contributed by atoms with van der Waals surface area (Å²) in [5, 5.41) is 87.7. The molecule has 9 N–H and O–H groups in total. The molecule has 2 heterocycles. The lowest BCUT2D eigenvalue weighted by atomic mass is 9.97. The first kappa shape index (κ1) is 85.8. The number of rotatable bonds is 67. The third kappa shape index (κ3) is 45.8. The van der Waals surface area contributed by atoms with E-state index in [0.717, 1.165) is 51.4 Å². The van der Waals surface area contributed by atoms with Crippen LogP contribution in [0.2, 0.25) is 0 Å². The van der Waals surface area contributed by atoms with Gasteiger partial charge in [0.15, 0.2) is 12.6 Å². The Labute approximate surface area is 558 Å². The van der Waals surface area contributed by atoms with Crippen molar-refractivity contribution in [1.82, 2.24) is 5.32 Å². The van der Waals surface area contributed by atoms with Crippen molar-refractivity contribution in [3.05, 3.63) is 12.2 Å². The highest BCUT2D eigenvalue weighted by Crippen LogP contribution is 2.30. The molecule has 2 fully saturated rings. The molecule has 0 bridgehead atoms. The molecule has 1 amide bonds. The molecule has 2 aliphatic rings. The van der Waals surface area contributed by atoms with Gasteiger partial charge in [-0.2, -0.15) is 0 Å². The monoisotopic (exact) mass is 1300 g/mol. The van der Waals surface area contributed by atoms with Crippen LogP contribution >= 0.6 is 0 Å². The predicted octanol–water partition coefficient (Wildman–Crippen LogP) is 17.3. The summed E-state index contributed by atoms with van der Waals surface area (Å²) in [5.74, 6) is -0.197. The van der Waals surface area contributed by atoms with Crippen LogP contribution in [-0.2, 0) is 23.7 Å². The Morgan fingerprint density at radius 3 is 1.04 bits per heavy atom. The van der Waals surface area contributed by atoms with Crippen LogP contribution < -0.4 is 5.32 Å². The second-order valence-corrected chi connectivity index (χ2v) is 28.2. The minimum Gasteiger partial charge on any atom is -0.394 e. The molecule has 0 spiro atoms. The van der Waals surface area contributed by atoms with Gasteiger partial charge in [-0.1, -0.05) is 347 Å². The summed E-state index contributed by atoms with van der Waals surface area (Å²) >= 11 is 0. The van der Waals surface area contributed by atoms with Gasteiger partial charge in [0.1, 0.15) is 48.8 Å². The Morgan fingerprint density at radius 1 is 0.385 bits per heavy atom. The summed E-state index contributed by atoms with van der Waals surface area (Å²) in [5.41, 5.74) is 0. The number of unbranched alkanes of at least 4 members (excludes halogenated alkanes) is 52. The van der Waals surface area contributed by atoms with Gasteiger partial charge in [0.25, 0.3) is 0 Å². The van der Waals surface area contributed by atoms with Gasteiger partial charge in [-0.05, 0) is 38.5 Å². The molecular formula is C77H149NO13. The van der Waals surface area contributed by atoms with Gasteiger partial charge in [0.05, 0.1) is 32.0 Å². The molecule has 0 radical (unpaired) electrons. The smallest absolute Gasteiger partial charge is 0.220 e. The van der Waals surface area contributed by atoms with Crippen molar-refractivity contribution in [2.24, 2.45) is 0 Å². The van der Waals surface area contributed by atoms with Gasteiger partial charge in [-0.25, -0.2) is 0 Å². The van der Waals surface area contributed by atoms with E-state index in [2.05, 4.69) is 31.3 Å². The third-order valence-electron chi connectivity index (χ3n) is 19.7. The number of aliphatic hydroxyl groups excluding tert-OH is 8. The van der Waals surface area contributed by atoms with Crippen LogP contribution in [0.1, 0.15) is 380 Å². The Morgan fingerprint density at radius 2 is 0.692 bits per heavy atom. The van der Waals surface area contributed by atoms with Gasteiger partial charge in [-0.3, -0.25) is 4.79 Å². The van der Waals surface area contributed by atoms with Crippen LogP contribution in [0.4, 0.5) is 0 Å². The number of nitrogens with one attached hydrogen (secondary N) is 1. The highest BCUT2D eigenvalue weighted by Gasteiger charge is 2.51. The quantitative estimate of drug-likeness (QED) is 0.0204. The van der Waals surface area contributed by atoms with Gasteiger partial charge in [0.2, 0.25) is 5.91 Å². The van der Waals surface area contributed by atoms with Crippen molar-refractivity contribution in [2.45, 2.75) is 453 Å². The molecule has 2 aliphatic heterocycles. The SMILES string of the molecule is CCCCCCCCCC/C=C\CCCCCCCCCCCCCCCCCCCCCCCCCCCC(=O)NC(COC1OC(CO)C(OC2OC(CO)C(O)C(O)C2O)C(O)C1O)C(O)CCCCCCCCCCCCCCCCCCCCCC. The summed E-state index contributed by atoms with van der Waals surface area (Å²) in [6, 6.07) is -0.826. The Balaban J connectivity index is 1.57. The number of carbonyl (C=O) groups is 1. The van der Waals surface area contributed by atoms with Crippen molar-refractivity contribution in [3.63, 3.8) is 0 Å². The van der Waals surface area contributed by atoms with Crippen LogP contribution in [0.5, 0.6) is 0 Å². The number of allylic oxidation sites excluding steroid dienone is 2. The highest BCUT2D eigenvalue weighted by atomic mass is 16.7. The molecule has 12 unspecified atom stereocenters. The second-order valence-electron chi connectivity index (χ2n) is 28.2. The maximum absolute atomic E-state index is 13.4. The zero-order valence-corrected chi connectivity index (χ0v) is 59.1. The minimum atomic E-state index is -1.78. The second kappa shape index (κ2) is 62.3. The summed E-state index contributed by atoms with van der Waals surface area (Å²) in [6.45, 7) is 2.93. The third-order valence-corrected chi connectivity index (χ3v) is 19.7. The van der Waals surface area contributed by atoms with Crippen molar-refractivity contribution in [2.75, 3.05) is 19.8 Å². The summed E-state index contributed by atoms with van der Waals surface area (Å²) < 4.78 is 23.0. The molecular weight excluding hydrogens is 1150 g/mol. The molecule has 12 atom stereocenters.